The number of nitrogens with zero attached hydrogens (tertiary/aromatic N) is 1. The molecular formula is C25H18F7N. The van der Waals surface area contributed by atoms with Crippen LogP contribution in [0.3, 0.4) is 0 Å². The molecule has 33 heavy (non-hydrogen) atoms. The Morgan fingerprint density at radius 3 is 2.09 bits per heavy atom. The Labute approximate surface area is 185 Å². The summed E-state index contributed by atoms with van der Waals surface area (Å²) in [5.74, 6) is -0.892. The molecule has 0 bridgehead atoms. The van der Waals surface area contributed by atoms with E-state index in [1.54, 1.807) is 37.3 Å². The molecule has 0 saturated carbocycles. The van der Waals surface area contributed by atoms with Crippen LogP contribution in [0.15, 0.2) is 72.3 Å². The summed E-state index contributed by atoms with van der Waals surface area (Å²) < 4.78 is 96.3. The minimum absolute atomic E-state index is 0.0435. The first kappa shape index (κ1) is 22.9. The first-order valence-corrected chi connectivity index (χ1v) is 10.0. The second-order valence-corrected chi connectivity index (χ2v) is 7.88. The van der Waals surface area contributed by atoms with E-state index in [1.165, 1.54) is 17.0 Å². The largest absolute Gasteiger partial charge is 0.418 e. The van der Waals surface area contributed by atoms with Gasteiger partial charge in [0.1, 0.15) is 5.82 Å². The predicted molar refractivity (Wildman–Crippen MR) is 112 cm³/mol. The summed E-state index contributed by atoms with van der Waals surface area (Å²) in [7, 11) is 0. The van der Waals surface area contributed by atoms with Gasteiger partial charge < -0.3 is 4.90 Å². The standard InChI is InChI=1S/C25H18F7N/c1-15-13-33(14-17-12-18(26)10-11-20(17)24(27,28)29)23-19(8-5-9-21(23)25(30,31)32)22(15)16-6-3-2-4-7-16/h2-12H,13-14H2,1H3. The lowest BCUT2D eigenvalue weighted by Gasteiger charge is -2.36. The highest BCUT2D eigenvalue weighted by Crippen LogP contribution is 2.46. The second kappa shape index (κ2) is 8.24. The molecule has 0 spiro atoms. The number of hydrogen-bond acceptors (Lipinski definition) is 1. The summed E-state index contributed by atoms with van der Waals surface area (Å²) in [5, 5.41) is 0. The molecular weight excluding hydrogens is 447 g/mol. The zero-order chi connectivity index (χ0) is 24.0. The van der Waals surface area contributed by atoms with Crippen molar-refractivity contribution in [3.8, 4) is 0 Å². The summed E-state index contributed by atoms with van der Waals surface area (Å²) in [6, 6.07) is 14.6. The first-order valence-electron chi connectivity index (χ1n) is 10.0. The molecule has 0 aromatic heterocycles. The lowest BCUT2D eigenvalue weighted by Crippen LogP contribution is -2.32. The molecule has 1 aliphatic heterocycles. The van der Waals surface area contributed by atoms with Crippen LogP contribution < -0.4 is 4.90 Å². The number of rotatable bonds is 3. The van der Waals surface area contributed by atoms with Crippen molar-refractivity contribution in [3.05, 3.63) is 106 Å². The third-order valence-corrected chi connectivity index (χ3v) is 5.58. The third kappa shape index (κ3) is 4.47. The van der Waals surface area contributed by atoms with Crippen LogP contribution >= 0.6 is 0 Å². The van der Waals surface area contributed by atoms with Crippen LogP contribution in [-0.2, 0) is 18.9 Å². The molecule has 0 amide bonds. The van der Waals surface area contributed by atoms with E-state index in [-0.39, 0.29) is 17.8 Å². The van der Waals surface area contributed by atoms with Gasteiger partial charge in [-0.1, -0.05) is 42.5 Å². The van der Waals surface area contributed by atoms with Crippen molar-refractivity contribution in [1.29, 1.82) is 0 Å². The van der Waals surface area contributed by atoms with Gasteiger partial charge in [-0.3, -0.25) is 0 Å². The molecule has 0 N–H and O–H groups in total. The fourth-order valence-corrected chi connectivity index (χ4v) is 4.31. The number of anilines is 1. The van der Waals surface area contributed by atoms with Crippen LogP contribution in [0.25, 0.3) is 5.57 Å². The van der Waals surface area contributed by atoms with E-state index < -0.39 is 41.4 Å². The van der Waals surface area contributed by atoms with Crippen LogP contribution in [0.2, 0.25) is 0 Å². The fourth-order valence-electron chi connectivity index (χ4n) is 4.31. The maximum atomic E-state index is 14.0. The molecule has 8 heteroatoms. The minimum atomic E-state index is -4.77. The lowest BCUT2D eigenvalue weighted by atomic mass is 9.86. The summed E-state index contributed by atoms with van der Waals surface area (Å²) in [5.41, 5.74) is -0.410. The molecule has 0 unspecified atom stereocenters. The summed E-state index contributed by atoms with van der Waals surface area (Å²) >= 11 is 0. The fraction of sp³-hybridized carbons (Fsp3) is 0.200. The monoisotopic (exact) mass is 465 g/mol. The van der Waals surface area contributed by atoms with Gasteiger partial charge in [-0.2, -0.15) is 26.3 Å². The Morgan fingerprint density at radius 1 is 0.788 bits per heavy atom. The first-order chi connectivity index (χ1) is 15.5. The molecule has 4 rings (SSSR count). The normalized spacial score (nSPS) is 14.5. The second-order valence-electron chi connectivity index (χ2n) is 7.88. The van der Waals surface area contributed by atoms with Gasteiger partial charge in [0.05, 0.1) is 16.8 Å². The minimum Gasteiger partial charge on any atom is -0.362 e. The average molecular weight is 465 g/mol. The van der Waals surface area contributed by atoms with Crippen molar-refractivity contribution in [2.75, 3.05) is 11.4 Å². The van der Waals surface area contributed by atoms with Crippen LogP contribution in [0, 0.1) is 5.82 Å². The average Bonchev–Trinajstić information content (AvgIpc) is 2.72. The number of para-hydroxylation sites is 1. The highest BCUT2D eigenvalue weighted by atomic mass is 19.4. The topological polar surface area (TPSA) is 3.24 Å². The molecule has 172 valence electrons. The van der Waals surface area contributed by atoms with Gasteiger partial charge in [-0.25, -0.2) is 4.39 Å². The van der Waals surface area contributed by atoms with Crippen LogP contribution in [0.5, 0.6) is 0 Å². The van der Waals surface area contributed by atoms with Crippen molar-refractivity contribution in [1.82, 2.24) is 0 Å². The lowest BCUT2D eigenvalue weighted by molar-refractivity contribution is -0.139. The number of alkyl halides is 6. The van der Waals surface area contributed by atoms with E-state index in [9.17, 15) is 30.7 Å². The number of hydrogen-bond donors (Lipinski definition) is 0. The van der Waals surface area contributed by atoms with Gasteiger partial charge in [0.25, 0.3) is 0 Å². The van der Waals surface area contributed by atoms with Crippen molar-refractivity contribution >= 4 is 11.3 Å². The van der Waals surface area contributed by atoms with Crippen LogP contribution in [0.4, 0.5) is 36.4 Å². The predicted octanol–water partition coefficient (Wildman–Crippen LogP) is 7.71. The van der Waals surface area contributed by atoms with Crippen molar-refractivity contribution < 1.29 is 30.7 Å². The zero-order valence-electron chi connectivity index (χ0n) is 17.4. The van der Waals surface area contributed by atoms with E-state index in [0.717, 1.165) is 12.1 Å². The number of fused-ring (bicyclic) bond motifs is 1. The van der Waals surface area contributed by atoms with Crippen molar-refractivity contribution in [3.63, 3.8) is 0 Å². The number of benzene rings is 3. The van der Waals surface area contributed by atoms with E-state index in [0.29, 0.717) is 28.8 Å². The summed E-state index contributed by atoms with van der Waals surface area (Å²) in [6.45, 7) is 1.15. The molecule has 3 aromatic rings. The molecule has 0 aliphatic carbocycles. The Kier molecular flexibility index (Phi) is 5.72. The van der Waals surface area contributed by atoms with Gasteiger partial charge in [0.15, 0.2) is 0 Å². The van der Waals surface area contributed by atoms with Crippen LogP contribution in [-0.4, -0.2) is 6.54 Å². The molecule has 1 nitrogen and oxygen atoms in total. The number of halogens is 7. The molecule has 1 heterocycles. The Balaban J connectivity index is 1.91. The Bertz CT molecular complexity index is 1210. The van der Waals surface area contributed by atoms with Gasteiger partial charge in [0, 0.05) is 18.7 Å². The summed E-state index contributed by atoms with van der Waals surface area (Å²) in [4.78, 5) is 1.24. The molecule has 0 fully saturated rings. The molecule has 0 atom stereocenters. The Hall–Kier alpha value is -3.29. The van der Waals surface area contributed by atoms with Crippen molar-refractivity contribution in [2.45, 2.75) is 25.8 Å². The maximum absolute atomic E-state index is 14.0. The third-order valence-electron chi connectivity index (χ3n) is 5.58. The molecule has 3 aromatic carbocycles. The smallest absolute Gasteiger partial charge is 0.362 e. The zero-order valence-corrected chi connectivity index (χ0v) is 17.4. The van der Waals surface area contributed by atoms with E-state index in [4.69, 9.17) is 0 Å². The summed E-state index contributed by atoms with van der Waals surface area (Å²) in [6.07, 6.45) is -9.50. The quantitative estimate of drug-likeness (QED) is 0.358. The van der Waals surface area contributed by atoms with E-state index >= 15 is 0 Å². The molecule has 1 aliphatic rings. The highest BCUT2D eigenvalue weighted by molar-refractivity contribution is 5.92. The van der Waals surface area contributed by atoms with Gasteiger partial charge in [-0.05, 0) is 53.5 Å². The molecule has 0 saturated heterocycles. The van der Waals surface area contributed by atoms with Crippen LogP contribution in [0.1, 0.15) is 34.7 Å². The van der Waals surface area contributed by atoms with E-state index in [2.05, 4.69) is 0 Å². The van der Waals surface area contributed by atoms with Gasteiger partial charge in [0.2, 0.25) is 0 Å². The van der Waals surface area contributed by atoms with Gasteiger partial charge in [-0.15, -0.1) is 0 Å². The SMILES string of the molecule is CC1=C(c2ccccc2)c2cccc(C(F)(F)F)c2N(Cc2cc(F)ccc2C(F)(F)F)C1. The van der Waals surface area contributed by atoms with E-state index in [1.807, 2.05) is 0 Å². The van der Waals surface area contributed by atoms with Gasteiger partial charge >= 0.3 is 12.4 Å². The van der Waals surface area contributed by atoms with Crippen molar-refractivity contribution in [2.24, 2.45) is 0 Å². The Morgan fingerprint density at radius 2 is 1.45 bits per heavy atom. The highest BCUT2D eigenvalue weighted by Gasteiger charge is 2.39. The molecule has 0 radical (unpaired) electrons. The maximum Gasteiger partial charge on any atom is 0.418 e.